The summed E-state index contributed by atoms with van der Waals surface area (Å²) in [6.07, 6.45) is 2.32. The predicted molar refractivity (Wildman–Crippen MR) is 128 cm³/mol. The number of carbonyl (C=O) groups is 1. The highest BCUT2D eigenvalue weighted by atomic mass is 32.2. The van der Waals surface area contributed by atoms with E-state index in [1.54, 1.807) is 11.2 Å². The topological polar surface area (TPSA) is 70.8 Å². The highest BCUT2D eigenvalue weighted by molar-refractivity contribution is 7.91. The lowest BCUT2D eigenvalue weighted by Gasteiger charge is -2.29. The molecule has 0 aliphatic carbocycles. The average molecular weight is 455 g/mol. The molecule has 1 aliphatic rings. The van der Waals surface area contributed by atoms with Gasteiger partial charge in [0.05, 0.1) is 24.2 Å². The number of carbonyl (C=O) groups excluding carboxylic acids is 1. The first-order valence-electron chi connectivity index (χ1n) is 10.9. The van der Waals surface area contributed by atoms with Gasteiger partial charge in [0.2, 0.25) is 5.91 Å². The van der Waals surface area contributed by atoms with Crippen molar-refractivity contribution in [3.05, 3.63) is 64.9 Å². The minimum atomic E-state index is -3.11. The molecule has 1 aliphatic heterocycles. The van der Waals surface area contributed by atoms with Gasteiger partial charge in [0, 0.05) is 43.3 Å². The van der Waals surface area contributed by atoms with Crippen molar-refractivity contribution in [3.8, 4) is 0 Å². The lowest BCUT2D eigenvalue weighted by atomic mass is 10.0. The minimum absolute atomic E-state index is 0.0267. The summed E-state index contributed by atoms with van der Waals surface area (Å²) >= 11 is 0. The Morgan fingerprint density at radius 3 is 2.47 bits per heavy atom. The Hall–Kier alpha value is -2.80. The van der Waals surface area contributed by atoms with Crippen molar-refractivity contribution in [3.63, 3.8) is 0 Å². The summed E-state index contributed by atoms with van der Waals surface area (Å²) in [4.78, 5) is 17.3. The van der Waals surface area contributed by atoms with Crippen LogP contribution in [0.1, 0.15) is 28.7 Å². The molecule has 7 heteroatoms. The highest BCUT2D eigenvalue weighted by Gasteiger charge is 2.35. The van der Waals surface area contributed by atoms with E-state index in [9.17, 15) is 13.2 Å². The fourth-order valence-corrected chi connectivity index (χ4v) is 6.29. The van der Waals surface area contributed by atoms with E-state index in [2.05, 4.69) is 6.07 Å². The maximum atomic E-state index is 13.5. The fraction of sp³-hybridized carbons (Fsp3) is 0.400. The first-order valence-corrected chi connectivity index (χ1v) is 12.7. The highest BCUT2D eigenvalue weighted by Crippen LogP contribution is 2.28. The maximum Gasteiger partial charge on any atom is 0.227 e. The van der Waals surface area contributed by atoms with E-state index >= 15 is 0 Å². The molecule has 1 fully saturated rings. The van der Waals surface area contributed by atoms with E-state index in [0.29, 0.717) is 13.0 Å². The zero-order chi connectivity index (χ0) is 23.0. The smallest absolute Gasteiger partial charge is 0.227 e. The van der Waals surface area contributed by atoms with Gasteiger partial charge in [0.25, 0.3) is 0 Å². The molecule has 170 valence electrons. The molecule has 2 heterocycles. The summed E-state index contributed by atoms with van der Waals surface area (Å²) in [5.74, 6) is 0.0823. The molecule has 1 aromatic heterocycles. The number of aryl methyl sites for hydroxylation is 2. The number of sulfone groups is 1. The molecule has 2 aromatic carbocycles. The molecule has 1 unspecified atom stereocenters. The largest absolute Gasteiger partial charge is 0.464 e. The van der Waals surface area contributed by atoms with Crippen LogP contribution in [-0.2, 0) is 27.6 Å². The molecule has 0 N–H and O–H groups in total. The van der Waals surface area contributed by atoms with Gasteiger partial charge in [-0.25, -0.2) is 8.42 Å². The van der Waals surface area contributed by atoms with E-state index in [0.717, 1.165) is 38.9 Å². The van der Waals surface area contributed by atoms with Crippen LogP contribution >= 0.6 is 0 Å². The van der Waals surface area contributed by atoms with Crippen LogP contribution in [0.5, 0.6) is 0 Å². The number of anilines is 1. The van der Waals surface area contributed by atoms with Gasteiger partial charge < -0.3 is 14.2 Å². The number of nitrogens with zero attached hydrogens (tertiary/aromatic N) is 2. The zero-order valence-corrected chi connectivity index (χ0v) is 19.9. The Bertz CT molecular complexity index is 1240. The Morgan fingerprint density at radius 1 is 1.12 bits per heavy atom. The summed E-state index contributed by atoms with van der Waals surface area (Å²) in [6, 6.07) is 11.8. The van der Waals surface area contributed by atoms with Gasteiger partial charge in [0.15, 0.2) is 9.84 Å². The summed E-state index contributed by atoms with van der Waals surface area (Å²) in [7, 11) is 0.847. The van der Waals surface area contributed by atoms with E-state index in [1.807, 2.05) is 63.2 Å². The average Bonchev–Trinajstić information content (AvgIpc) is 3.29. The summed E-state index contributed by atoms with van der Waals surface area (Å²) < 4.78 is 30.0. The second kappa shape index (κ2) is 8.62. The van der Waals surface area contributed by atoms with Gasteiger partial charge in [-0.15, -0.1) is 0 Å². The SMILES string of the molecule is Cc1cc(C)c2c(CC(=O)N(Cc3ccc(N(C)C)cc3)C3CCS(=O)(=O)C3)coc2c1. The van der Waals surface area contributed by atoms with Crippen LogP contribution in [0.25, 0.3) is 11.0 Å². The molecule has 4 rings (SSSR count). The van der Waals surface area contributed by atoms with Gasteiger partial charge in [-0.3, -0.25) is 4.79 Å². The Labute approximate surface area is 189 Å². The van der Waals surface area contributed by atoms with Gasteiger partial charge in [-0.1, -0.05) is 18.2 Å². The van der Waals surface area contributed by atoms with E-state index in [4.69, 9.17) is 4.42 Å². The van der Waals surface area contributed by atoms with Crippen LogP contribution < -0.4 is 4.90 Å². The molecule has 3 aromatic rings. The molecule has 0 saturated carbocycles. The summed E-state index contributed by atoms with van der Waals surface area (Å²) in [6.45, 7) is 4.43. The summed E-state index contributed by atoms with van der Waals surface area (Å²) in [5, 5.41) is 0.971. The molecule has 1 amide bonds. The van der Waals surface area contributed by atoms with E-state index in [1.165, 1.54) is 0 Å². The van der Waals surface area contributed by atoms with Crippen molar-refractivity contribution >= 4 is 32.4 Å². The van der Waals surface area contributed by atoms with Crippen molar-refractivity contribution in [1.82, 2.24) is 4.90 Å². The number of fused-ring (bicyclic) bond motifs is 1. The van der Waals surface area contributed by atoms with Gasteiger partial charge in [0.1, 0.15) is 5.58 Å². The zero-order valence-electron chi connectivity index (χ0n) is 19.1. The molecule has 1 atom stereocenters. The van der Waals surface area contributed by atoms with Crippen LogP contribution in [0.15, 0.2) is 47.1 Å². The fourth-order valence-electron chi connectivity index (χ4n) is 4.56. The first-order chi connectivity index (χ1) is 15.1. The third-order valence-electron chi connectivity index (χ3n) is 6.21. The number of hydrogen-bond donors (Lipinski definition) is 0. The predicted octanol–water partition coefficient (Wildman–Crippen LogP) is 3.87. The van der Waals surface area contributed by atoms with Gasteiger partial charge >= 0.3 is 0 Å². The second-order valence-corrected chi connectivity index (χ2v) is 11.3. The third-order valence-corrected chi connectivity index (χ3v) is 7.96. The number of rotatable bonds is 6. The molecule has 1 saturated heterocycles. The molecular formula is C25H30N2O4S. The van der Waals surface area contributed by atoms with Crippen LogP contribution in [0, 0.1) is 13.8 Å². The molecule has 32 heavy (non-hydrogen) atoms. The first kappa shape index (κ1) is 22.4. The van der Waals surface area contributed by atoms with E-state index in [-0.39, 0.29) is 29.9 Å². The summed E-state index contributed by atoms with van der Waals surface area (Å²) in [5.41, 5.74) is 5.87. The molecule has 0 bridgehead atoms. The Kier molecular flexibility index (Phi) is 6.03. The quantitative estimate of drug-likeness (QED) is 0.565. The normalized spacial score (nSPS) is 17.6. The monoisotopic (exact) mass is 454 g/mol. The van der Waals surface area contributed by atoms with Crippen LogP contribution in [0.3, 0.4) is 0 Å². The number of amides is 1. The van der Waals surface area contributed by atoms with Crippen LogP contribution in [-0.4, -0.2) is 50.9 Å². The van der Waals surface area contributed by atoms with Gasteiger partial charge in [-0.05, 0) is 55.2 Å². The minimum Gasteiger partial charge on any atom is -0.464 e. The second-order valence-electron chi connectivity index (χ2n) is 9.03. The van der Waals surface area contributed by atoms with Crippen molar-refractivity contribution in [2.24, 2.45) is 0 Å². The number of hydrogen-bond acceptors (Lipinski definition) is 5. The molecule has 0 spiro atoms. The van der Waals surface area contributed by atoms with E-state index < -0.39 is 9.84 Å². The lowest BCUT2D eigenvalue weighted by molar-refractivity contribution is -0.133. The number of furan rings is 1. The Morgan fingerprint density at radius 2 is 1.84 bits per heavy atom. The van der Waals surface area contributed by atoms with Crippen LogP contribution in [0.4, 0.5) is 5.69 Å². The molecule has 0 radical (unpaired) electrons. The third kappa shape index (κ3) is 4.67. The van der Waals surface area contributed by atoms with Crippen molar-refractivity contribution in [2.75, 3.05) is 30.5 Å². The van der Waals surface area contributed by atoms with Crippen molar-refractivity contribution < 1.29 is 17.6 Å². The number of benzene rings is 2. The maximum absolute atomic E-state index is 13.5. The van der Waals surface area contributed by atoms with Crippen molar-refractivity contribution in [1.29, 1.82) is 0 Å². The van der Waals surface area contributed by atoms with Crippen molar-refractivity contribution in [2.45, 2.75) is 39.3 Å². The molecular weight excluding hydrogens is 424 g/mol. The molecule has 6 nitrogen and oxygen atoms in total. The van der Waals surface area contributed by atoms with Crippen LogP contribution in [0.2, 0.25) is 0 Å². The Balaban J connectivity index is 1.61. The lowest BCUT2D eigenvalue weighted by Crippen LogP contribution is -2.41. The van der Waals surface area contributed by atoms with Gasteiger partial charge in [-0.2, -0.15) is 0 Å². The standard InChI is InChI=1S/C25H30N2O4S/c1-17-11-18(2)25-20(15-31-23(25)12-17)13-24(28)27(22-9-10-32(29,30)16-22)14-19-5-7-21(8-6-19)26(3)4/h5-8,11-12,15,22H,9-10,13-14,16H2,1-4H3.